The van der Waals surface area contributed by atoms with E-state index in [0.29, 0.717) is 41.4 Å². The number of amides is 1. The number of benzene rings is 2. The molecule has 0 saturated heterocycles. The number of halogens is 2. The van der Waals surface area contributed by atoms with Gasteiger partial charge in [-0.1, -0.05) is 40.2 Å². The van der Waals surface area contributed by atoms with Crippen LogP contribution in [0.2, 0.25) is 0 Å². The fourth-order valence-corrected chi connectivity index (χ4v) is 5.97. The van der Waals surface area contributed by atoms with Crippen LogP contribution in [0.1, 0.15) is 62.9 Å². The fraction of sp³-hybridized carbons (Fsp3) is 0.323. The van der Waals surface area contributed by atoms with Gasteiger partial charge >= 0.3 is 11.8 Å². The second kappa shape index (κ2) is 11.6. The normalized spacial score (nSPS) is 17.2. The summed E-state index contributed by atoms with van der Waals surface area (Å²) >= 11 is 3.51. The Kier molecular flexibility index (Phi) is 8.14. The summed E-state index contributed by atoms with van der Waals surface area (Å²) in [6.45, 7) is 5.36. The van der Waals surface area contributed by atoms with Crippen molar-refractivity contribution in [2.24, 2.45) is 0 Å². The summed E-state index contributed by atoms with van der Waals surface area (Å²) in [5.41, 5.74) is 0.748. The van der Waals surface area contributed by atoms with Gasteiger partial charge in [0.25, 0.3) is 5.56 Å². The van der Waals surface area contributed by atoms with Gasteiger partial charge in [0.1, 0.15) is 17.7 Å². The summed E-state index contributed by atoms with van der Waals surface area (Å²) in [4.78, 5) is 55.3. The molecule has 1 fully saturated rings. The predicted octanol–water partition coefficient (Wildman–Crippen LogP) is 5.94. The topological polar surface area (TPSA) is 112 Å². The van der Waals surface area contributed by atoms with Crippen LogP contribution in [0.5, 0.6) is 0 Å². The third kappa shape index (κ3) is 6.06. The number of aldehydes is 1. The Morgan fingerprint density at radius 3 is 2.50 bits per heavy atom. The molecule has 0 radical (unpaired) electrons. The molecule has 0 unspecified atom stereocenters. The van der Waals surface area contributed by atoms with Crippen LogP contribution in [-0.2, 0) is 4.74 Å². The standard InChI is InChI=1S/C31H30BrFN4O5/c1-31(2,3)42-29(40)35-21-8-10-22(11-9-21)37-28(39)25-15-20(33)16-34-27(25)36(30(37)41)23-6-4-5-19(14-23)24-12-7-18(17-38)13-26(24)32/h4-7,12-17,21-22H,8-11H2,1-3H3,(H,35,40). The van der Waals surface area contributed by atoms with E-state index in [1.165, 1.54) is 9.13 Å². The molecule has 5 rings (SSSR count). The molecule has 11 heteroatoms. The van der Waals surface area contributed by atoms with Crippen molar-refractivity contribution in [3.8, 4) is 16.8 Å². The number of carbonyl (C=O) groups is 2. The van der Waals surface area contributed by atoms with Crippen LogP contribution in [-0.4, -0.2) is 38.1 Å². The number of alkyl carbamates (subject to hydrolysis) is 1. The minimum absolute atomic E-state index is 0.00878. The molecule has 4 aromatic rings. The van der Waals surface area contributed by atoms with Crippen LogP contribution in [0.3, 0.4) is 0 Å². The molecule has 2 heterocycles. The first-order valence-corrected chi connectivity index (χ1v) is 14.4. The Labute approximate surface area is 249 Å². The Morgan fingerprint density at radius 1 is 1.10 bits per heavy atom. The Hall–Kier alpha value is -4.12. The zero-order valence-corrected chi connectivity index (χ0v) is 25.0. The maximum absolute atomic E-state index is 14.3. The van der Waals surface area contributed by atoms with Gasteiger partial charge in [0.2, 0.25) is 0 Å². The van der Waals surface area contributed by atoms with Crippen LogP contribution in [0.4, 0.5) is 9.18 Å². The van der Waals surface area contributed by atoms with Crippen LogP contribution < -0.4 is 16.6 Å². The molecule has 1 aliphatic carbocycles. The zero-order chi connectivity index (χ0) is 30.2. The fourth-order valence-electron chi connectivity index (χ4n) is 5.34. The molecular weight excluding hydrogens is 607 g/mol. The highest BCUT2D eigenvalue weighted by molar-refractivity contribution is 9.10. The second-order valence-electron chi connectivity index (χ2n) is 11.4. The molecule has 42 heavy (non-hydrogen) atoms. The number of rotatable bonds is 5. The van der Waals surface area contributed by atoms with Crippen molar-refractivity contribution < 1.29 is 18.7 Å². The van der Waals surface area contributed by atoms with E-state index in [9.17, 15) is 23.6 Å². The first-order valence-electron chi connectivity index (χ1n) is 13.6. The second-order valence-corrected chi connectivity index (χ2v) is 12.2. The maximum atomic E-state index is 14.3. The van der Waals surface area contributed by atoms with Gasteiger partial charge in [-0.2, -0.15) is 0 Å². The van der Waals surface area contributed by atoms with E-state index in [1.807, 2.05) is 6.07 Å². The Morgan fingerprint density at radius 2 is 1.83 bits per heavy atom. The van der Waals surface area contributed by atoms with Crippen molar-refractivity contribution in [1.82, 2.24) is 19.4 Å². The molecule has 0 bridgehead atoms. The lowest BCUT2D eigenvalue weighted by atomic mass is 9.91. The summed E-state index contributed by atoms with van der Waals surface area (Å²) in [5.74, 6) is -0.686. The van der Waals surface area contributed by atoms with Crippen LogP contribution in [0.25, 0.3) is 27.8 Å². The smallest absolute Gasteiger partial charge is 0.407 e. The number of ether oxygens (including phenoxy) is 1. The Balaban J connectivity index is 1.54. The third-order valence-electron chi connectivity index (χ3n) is 7.22. The molecule has 0 atom stereocenters. The zero-order valence-electron chi connectivity index (χ0n) is 23.4. The Bertz CT molecular complexity index is 1800. The van der Waals surface area contributed by atoms with E-state index in [0.717, 1.165) is 29.7 Å². The van der Waals surface area contributed by atoms with E-state index in [-0.39, 0.29) is 17.1 Å². The molecule has 0 spiro atoms. The highest BCUT2D eigenvalue weighted by Gasteiger charge is 2.29. The monoisotopic (exact) mass is 636 g/mol. The number of fused-ring (bicyclic) bond motifs is 1. The quantitative estimate of drug-likeness (QED) is 0.271. The van der Waals surface area contributed by atoms with Gasteiger partial charge in [-0.3, -0.25) is 14.2 Å². The minimum Gasteiger partial charge on any atom is -0.444 e. The lowest BCUT2D eigenvalue weighted by Crippen LogP contribution is -2.45. The van der Waals surface area contributed by atoms with Gasteiger partial charge in [-0.25, -0.2) is 23.5 Å². The SMILES string of the molecule is CC(C)(C)OC(=O)NC1CCC(n2c(=O)c3cc(F)cnc3n(-c3cccc(-c4ccc(C=O)cc4Br)c3)c2=O)CC1. The van der Waals surface area contributed by atoms with Crippen molar-refractivity contribution in [1.29, 1.82) is 0 Å². The molecule has 1 N–H and O–H groups in total. The highest BCUT2D eigenvalue weighted by atomic mass is 79.9. The molecule has 1 aliphatic rings. The maximum Gasteiger partial charge on any atom is 0.407 e. The molecular formula is C31H30BrFN4O5. The lowest BCUT2D eigenvalue weighted by Gasteiger charge is -2.31. The van der Waals surface area contributed by atoms with Crippen molar-refractivity contribution >= 4 is 39.3 Å². The summed E-state index contributed by atoms with van der Waals surface area (Å²) < 4.78 is 22.9. The van der Waals surface area contributed by atoms with Crippen molar-refractivity contribution in [3.05, 3.63) is 91.4 Å². The molecule has 2 aromatic heterocycles. The van der Waals surface area contributed by atoms with Crippen molar-refractivity contribution in [3.63, 3.8) is 0 Å². The van der Waals surface area contributed by atoms with Crippen LogP contribution >= 0.6 is 15.9 Å². The van der Waals surface area contributed by atoms with E-state index < -0.39 is 34.8 Å². The first kappa shape index (κ1) is 29.4. The number of pyridine rings is 1. The average molecular weight is 638 g/mol. The van der Waals surface area contributed by atoms with E-state index in [1.54, 1.807) is 57.2 Å². The van der Waals surface area contributed by atoms with Crippen molar-refractivity contribution in [2.45, 2.75) is 64.1 Å². The first-order chi connectivity index (χ1) is 19.9. The summed E-state index contributed by atoms with van der Waals surface area (Å²) in [7, 11) is 0. The van der Waals surface area contributed by atoms with E-state index in [4.69, 9.17) is 4.74 Å². The van der Waals surface area contributed by atoms with Gasteiger partial charge in [0.15, 0.2) is 5.65 Å². The number of carbonyl (C=O) groups excluding carboxylic acids is 2. The van der Waals surface area contributed by atoms with Crippen LogP contribution in [0, 0.1) is 5.82 Å². The molecule has 1 saturated carbocycles. The van der Waals surface area contributed by atoms with Gasteiger partial charge in [0.05, 0.1) is 17.3 Å². The predicted molar refractivity (Wildman–Crippen MR) is 161 cm³/mol. The van der Waals surface area contributed by atoms with Crippen LogP contribution in [0.15, 0.2) is 68.8 Å². The van der Waals surface area contributed by atoms with Gasteiger partial charge in [-0.05, 0) is 81.8 Å². The van der Waals surface area contributed by atoms with Gasteiger partial charge in [-0.15, -0.1) is 0 Å². The third-order valence-corrected chi connectivity index (χ3v) is 7.88. The van der Waals surface area contributed by atoms with Gasteiger partial charge < -0.3 is 10.1 Å². The number of aromatic nitrogens is 3. The average Bonchev–Trinajstić information content (AvgIpc) is 2.93. The van der Waals surface area contributed by atoms with Crippen molar-refractivity contribution in [2.75, 3.05) is 0 Å². The molecule has 2 aromatic carbocycles. The highest BCUT2D eigenvalue weighted by Crippen LogP contribution is 2.31. The largest absolute Gasteiger partial charge is 0.444 e. The summed E-state index contributed by atoms with van der Waals surface area (Å²) in [5, 5.41) is 2.86. The number of hydrogen-bond donors (Lipinski definition) is 1. The number of nitrogens with one attached hydrogen (secondary N) is 1. The number of nitrogens with zero attached hydrogens (tertiary/aromatic N) is 3. The van der Waals surface area contributed by atoms with E-state index in [2.05, 4.69) is 26.2 Å². The van der Waals surface area contributed by atoms with E-state index >= 15 is 0 Å². The molecule has 0 aliphatic heterocycles. The lowest BCUT2D eigenvalue weighted by molar-refractivity contribution is 0.0487. The molecule has 9 nitrogen and oxygen atoms in total. The summed E-state index contributed by atoms with van der Waals surface area (Å²) in [6.07, 6.45) is 3.22. The minimum atomic E-state index is -0.686. The summed E-state index contributed by atoms with van der Waals surface area (Å²) in [6, 6.07) is 12.8. The molecule has 1 amide bonds. The van der Waals surface area contributed by atoms with Gasteiger partial charge in [0, 0.05) is 22.1 Å². The number of hydrogen-bond acceptors (Lipinski definition) is 6. The molecule has 218 valence electrons.